The zero-order valence-electron chi connectivity index (χ0n) is 19.9. The molecule has 1 fully saturated rings. The quantitative estimate of drug-likeness (QED) is 0.342. The van der Waals surface area contributed by atoms with Crippen molar-refractivity contribution in [2.45, 2.75) is 45.6 Å². The standard InChI is InChI=1S/C26H30ClNO5/c1-7-12-28-22(15-8-10-16(11-9-15)26(2,3)4)21(24(30)25(28)31)23(29)17-13-18(27)20(33-6)14-19(17)32-5/h8-11,13-14,22,29H,7,12H2,1-6H3/b23-21+. The number of benzene rings is 2. The van der Waals surface area contributed by atoms with Gasteiger partial charge in [0.25, 0.3) is 11.7 Å². The molecule has 1 aliphatic heterocycles. The Balaban J connectivity index is 2.23. The van der Waals surface area contributed by atoms with Gasteiger partial charge in [-0.05, 0) is 29.0 Å². The van der Waals surface area contributed by atoms with Gasteiger partial charge in [0.2, 0.25) is 0 Å². The Morgan fingerprint density at radius 1 is 1.06 bits per heavy atom. The Morgan fingerprint density at radius 2 is 1.67 bits per heavy atom. The van der Waals surface area contributed by atoms with Crippen molar-refractivity contribution in [3.8, 4) is 11.5 Å². The molecule has 176 valence electrons. The van der Waals surface area contributed by atoms with Crippen molar-refractivity contribution in [1.29, 1.82) is 0 Å². The van der Waals surface area contributed by atoms with Crippen molar-refractivity contribution >= 4 is 29.1 Å². The number of hydrogen-bond donors (Lipinski definition) is 1. The van der Waals surface area contributed by atoms with E-state index < -0.39 is 17.7 Å². The first-order chi connectivity index (χ1) is 15.5. The summed E-state index contributed by atoms with van der Waals surface area (Å²) in [5.74, 6) is -1.07. The number of ether oxygens (including phenoxy) is 2. The summed E-state index contributed by atoms with van der Waals surface area (Å²) in [7, 11) is 2.91. The van der Waals surface area contributed by atoms with Crippen LogP contribution in [0.4, 0.5) is 0 Å². The van der Waals surface area contributed by atoms with Crippen LogP contribution in [0, 0.1) is 0 Å². The molecule has 0 aliphatic carbocycles. The number of nitrogens with zero attached hydrogens (tertiary/aromatic N) is 1. The fraction of sp³-hybridized carbons (Fsp3) is 0.385. The Kier molecular flexibility index (Phi) is 7.08. The minimum Gasteiger partial charge on any atom is -0.507 e. The first kappa shape index (κ1) is 24.6. The maximum atomic E-state index is 13.1. The molecule has 6 nitrogen and oxygen atoms in total. The number of aliphatic hydroxyl groups is 1. The van der Waals surface area contributed by atoms with E-state index in [1.54, 1.807) is 0 Å². The number of likely N-dealkylation sites (tertiary alicyclic amines) is 1. The number of carbonyl (C=O) groups excluding carboxylic acids is 2. The molecule has 1 heterocycles. The highest BCUT2D eigenvalue weighted by atomic mass is 35.5. The number of ketones is 1. The Hall–Kier alpha value is -2.99. The molecule has 0 bridgehead atoms. The summed E-state index contributed by atoms with van der Waals surface area (Å²) < 4.78 is 10.6. The maximum Gasteiger partial charge on any atom is 0.295 e. The smallest absolute Gasteiger partial charge is 0.295 e. The molecule has 7 heteroatoms. The molecule has 1 amide bonds. The third-order valence-corrected chi connectivity index (χ3v) is 6.12. The lowest BCUT2D eigenvalue weighted by Gasteiger charge is -2.26. The number of methoxy groups -OCH3 is 2. The summed E-state index contributed by atoms with van der Waals surface area (Å²) in [4.78, 5) is 27.6. The van der Waals surface area contributed by atoms with Gasteiger partial charge in [0.1, 0.15) is 17.3 Å². The third-order valence-electron chi connectivity index (χ3n) is 5.83. The van der Waals surface area contributed by atoms with Gasteiger partial charge in [-0.25, -0.2) is 0 Å². The molecule has 0 spiro atoms. The molecule has 1 saturated heterocycles. The number of halogens is 1. The van der Waals surface area contributed by atoms with Crippen molar-refractivity contribution < 1.29 is 24.2 Å². The first-order valence-electron chi connectivity index (χ1n) is 10.9. The van der Waals surface area contributed by atoms with Crippen LogP contribution in [0.2, 0.25) is 5.02 Å². The van der Waals surface area contributed by atoms with E-state index in [4.69, 9.17) is 21.1 Å². The SMILES string of the molecule is CCCN1C(=O)C(=O)/C(=C(/O)c2cc(Cl)c(OC)cc2OC)C1c1ccc(C(C)(C)C)cc1. The van der Waals surface area contributed by atoms with Crippen molar-refractivity contribution in [2.75, 3.05) is 20.8 Å². The fourth-order valence-electron chi connectivity index (χ4n) is 4.05. The predicted molar refractivity (Wildman–Crippen MR) is 129 cm³/mol. The Labute approximate surface area is 199 Å². The molecule has 1 N–H and O–H groups in total. The van der Waals surface area contributed by atoms with Gasteiger partial charge in [0.15, 0.2) is 0 Å². The molecular weight excluding hydrogens is 442 g/mol. The van der Waals surface area contributed by atoms with Gasteiger partial charge < -0.3 is 19.5 Å². The molecule has 2 aromatic rings. The second-order valence-electron chi connectivity index (χ2n) is 9.05. The molecule has 3 rings (SSSR count). The molecule has 1 aliphatic rings. The van der Waals surface area contributed by atoms with Crippen LogP contribution in [-0.2, 0) is 15.0 Å². The van der Waals surface area contributed by atoms with Crippen LogP contribution in [0.3, 0.4) is 0 Å². The normalized spacial score (nSPS) is 18.0. The van der Waals surface area contributed by atoms with E-state index in [2.05, 4.69) is 20.8 Å². The van der Waals surface area contributed by atoms with Crippen LogP contribution < -0.4 is 9.47 Å². The van der Waals surface area contributed by atoms with Gasteiger partial charge in [-0.2, -0.15) is 0 Å². The van der Waals surface area contributed by atoms with Crippen LogP contribution in [0.1, 0.15) is 56.8 Å². The lowest BCUT2D eigenvalue weighted by Crippen LogP contribution is -2.30. The van der Waals surface area contributed by atoms with Crippen LogP contribution in [0.5, 0.6) is 11.5 Å². The average Bonchev–Trinajstić information content (AvgIpc) is 3.03. The van der Waals surface area contributed by atoms with Crippen LogP contribution in [0.15, 0.2) is 42.0 Å². The molecule has 0 radical (unpaired) electrons. The number of aliphatic hydroxyl groups excluding tert-OH is 1. The average molecular weight is 472 g/mol. The molecule has 1 unspecified atom stereocenters. The first-order valence-corrected chi connectivity index (χ1v) is 11.2. The largest absolute Gasteiger partial charge is 0.507 e. The monoisotopic (exact) mass is 471 g/mol. The zero-order valence-corrected chi connectivity index (χ0v) is 20.6. The fourth-order valence-corrected chi connectivity index (χ4v) is 4.29. The highest BCUT2D eigenvalue weighted by Crippen LogP contribution is 2.43. The van der Waals surface area contributed by atoms with Gasteiger partial charge in [0, 0.05) is 12.6 Å². The van der Waals surface area contributed by atoms with Crippen molar-refractivity contribution in [3.05, 3.63) is 63.7 Å². The number of Topliss-reactive ketones (excluding diaryl/α,β-unsaturated/α-hetero) is 1. The van der Waals surface area contributed by atoms with Crippen LogP contribution in [-0.4, -0.2) is 42.5 Å². The molecule has 2 aromatic carbocycles. The van der Waals surface area contributed by atoms with Gasteiger partial charge in [0.05, 0.1) is 36.4 Å². The number of rotatable bonds is 6. The summed E-state index contributed by atoms with van der Waals surface area (Å²) in [6.45, 7) is 8.67. The van der Waals surface area contributed by atoms with Gasteiger partial charge in [-0.1, -0.05) is 63.6 Å². The van der Waals surface area contributed by atoms with Crippen molar-refractivity contribution in [3.63, 3.8) is 0 Å². The molecular formula is C26H30ClNO5. The molecule has 1 atom stereocenters. The summed E-state index contributed by atoms with van der Waals surface area (Å²) in [5, 5.41) is 11.6. The summed E-state index contributed by atoms with van der Waals surface area (Å²) >= 11 is 6.29. The van der Waals surface area contributed by atoms with E-state index in [1.807, 2.05) is 31.2 Å². The van der Waals surface area contributed by atoms with Gasteiger partial charge in [-0.3, -0.25) is 9.59 Å². The van der Waals surface area contributed by atoms with E-state index in [9.17, 15) is 14.7 Å². The van der Waals surface area contributed by atoms with E-state index in [1.165, 1.54) is 31.3 Å². The Morgan fingerprint density at radius 3 is 2.18 bits per heavy atom. The minimum atomic E-state index is -0.736. The highest BCUT2D eigenvalue weighted by Gasteiger charge is 2.46. The third kappa shape index (κ3) is 4.58. The van der Waals surface area contributed by atoms with Gasteiger partial charge >= 0.3 is 0 Å². The second-order valence-corrected chi connectivity index (χ2v) is 9.46. The zero-order chi connectivity index (χ0) is 24.5. The predicted octanol–water partition coefficient (Wildman–Crippen LogP) is 5.49. The molecule has 33 heavy (non-hydrogen) atoms. The Bertz CT molecular complexity index is 1100. The highest BCUT2D eigenvalue weighted by molar-refractivity contribution is 6.46. The number of amides is 1. The van der Waals surface area contributed by atoms with Gasteiger partial charge in [-0.15, -0.1) is 0 Å². The summed E-state index contributed by atoms with van der Waals surface area (Å²) in [6.07, 6.45) is 0.668. The lowest BCUT2D eigenvalue weighted by molar-refractivity contribution is -0.139. The molecule has 0 saturated carbocycles. The molecule has 0 aromatic heterocycles. The maximum absolute atomic E-state index is 13.1. The van der Waals surface area contributed by atoms with Crippen LogP contribution >= 0.6 is 11.6 Å². The lowest BCUT2D eigenvalue weighted by atomic mass is 9.85. The minimum absolute atomic E-state index is 0.0106. The van der Waals surface area contributed by atoms with Crippen molar-refractivity contribution in [2.24, 2.45) is 0 Å². The summed E-state index contributed by atoms with van der Waals surface area (Å²) in [6, 6.07) is 10.1. The van der Waals surface area contributed by atoms with E-state index in [0.717, 1.165) is 11.1 Å². The van der Waals surface area contributed by atoms with E-state index in [-0.39, 0.29) is 33.1 Å². The second kappa shape index (κ2) is 9.48. The van der Waals surface area contributed by atoms with E-state index in [0.29, 0.717) is 18.7 Å². The van der Waals surface area contributed by atoms with E-state index >= 15 is 0 Å². The topological polar surface area (TPSA) is 76.1 Å². The van der Waals surface area contributed by atoms with Crippen LogP contribution in [0.25, 0.3) is 5.76 Å². The number of carbonyl (C=O) groups is 2. The summed E-state index contributed by atoms with van der Waals surface area (Å²) in [5.41, 5.74) is 2.06. The number of hydrogen-bond acceptors (Lipinski definition) is 5. The van der Waals surface area contributed by atoms with Crippen molar-refractivity contribution in [1.82, 2.24) is 4.90 Å².